The van der Waals surface area contributed by atoms with Crippen molar-refractivity contribution < 1.29 is 38.1 Å². The lowest BCUT2D eigenvalue weighted by Crippen LogP contribution is -2.61. The fourth-order valence-corrected chi connectivity index (χ4v) is 5.85. The van der Waals surface area contributed by atoms with Crippen LogP contribution >= 0.6 is 11.8 Å². The summed E-state index contributed by atoms with van der Waals surface area (Å²) >= 11 is 1.45. The van der Waals surface area contributed by atoms with Crippen molar-refractivity contribution in [2.75, 3.05) is 12.4 Å². The average molecular weight is 627 g/mol. The molecule has 0 bridgehead atoms. The van der Waals surface area contributed by atoms with Gasteiger partial charge in [-0.25, -0.2) is 14.4 Å². The quantitative estimate of drug-likeness (QED) is 0.131. The maximum absolute atomic E-state index is 13.5. The van der Waals surface area contributed by atoms with Gasteiger partial charge in [-0.05, 0) is 47.7 Å². The van der Waals surface area contributed by atoms with Crippen molar-refractivity contribution >= 4 is 29.7 Å². The van der Waals surface area contributed by atoms with Gasteiger partial charge in [0, 0.05) is 0 Å². The van der Waals surface area contributed by atoms with Crippen LogP contribution in [0.15, 0.2) is 121 Å². The van der Waals surface area contributed by atoms with Crippen molar-refractivity contribution in [3.8, 4) is 0 Å². The zero-order valence-electron chi connectivity index (χ0n) is 24.7. The first-order valence-electron chi connectivity index (χ1n) is 14.7. The molecule has 0 aromatic heterocycles. The van der Waals surface area contributed by atoms with Crippen molar-refractivity contribution in [1.29, 1.82) is 0 Å². The number of carbonyl (C=O) groups excluding carboxylic acids is 3. The van der Waals surface area contributed by atoms with Gasteiger partial charge in [0.05, 0.1) is 23.3 Å². The van der Waals surface area contributed by atoms with Crippen LogP contribution in [0.4, 0.5) is 0 Å². The van der Waals surface area contributed by atoms with E-state index in [1.165, 1.54) is 11.8 Å². The average Bonchev–Trinajstić information content (AvgIpc) is 3.09. The molecule has 0 amide bonds. The Morgan fingerprint density at radius 1 is 0.622 bits per heavy atom. The highest BCUT2D eigenvalue weighted by Crippen LogP contribution is 2.35. The normalized spacial score (nSPS) is 21.0. The van der Waals surface area contributed by atoms with Crippen LogP contribution in [-0.4, -0.2) is 60.1 Å². The van der Waals surface area contributed by atoms with E-state index in [4.69, 9.17) is 23.7 Å². The SMILES string of the molecule is CCS[C@@H]1O[C@H](COC(=O)c2ccccc2)[C@@H](OC(=O)c2ccccc2)[C@H](OC(=O)c2ccccc2)[C@H]1OCc1ccccc1. The van der Waals surface area contributed by atoms with Crippen molar-refractivity contribution in [2.24, 2.45) is 0 Å². The van der Waals surface area contributed by atoms with Gasteiger partial charge < -0.3 is 23.7 Å². The Morgan fingerprint density at radius 3 is 1.60 bits per heavy atom. The minimum atomic E-state index is -1.18. The van der Waals surface area contributed by atoms with E-state index in [2.05, 4.69) is 0 Å². The minimum absolute atomic E-state index is 0.196. The topological polar surface area (TPSA) is 97.4 Å². The molecule has 1 aliphatic rings. The third-order valence-electron chi connectivity index (χ3n) is 7.10. The van der Waals surface area contributed by atoms with Crippen LogP contribution in [0.1, 0.15) is 43.6 Å². The summed E-state index contributed by atoms with van der Waals surface area (Å²) in [7, 11) is 0. The first-order chi connectivity index (χ1) is 22.0. The van der Waals surface area contributed by atoms with E-state index in [0.717, 1.165) is 5.56 Å². The predicted octanol–water partition coefficient (Wildman–Crippen LogP) is 6.36. The molecule has 0 radical (unpaired) electrons. The lowest BCUT2D eigenvalue weighted by atomic mass is 9.98. The summed E-state index contributed by atoms with van der Waals surface area (Å²) in [5.41, 5.74) is 1.26. The highest BCUT2D eigenvalue weighted by Gasteiger charge is 2.51. The van der Waals surface area contributed by atoms with E-state index in [-0.39, 0.29) is 13.2 Å². The Bertz CT molecular complexity index is 1520. The van der Waals surface area contributed by atoms with Crippen LogP contribution in [0.2, 0.25) is 0 Å². The molecule has 0 unspecified atom stereocenters. The van der Waals surface area contributed by atoms with E-state index >= 15 is 0 Å². The molecule has 45 heavy (non-hydrogen) atoms. The zero-order chi connectivity index (χ0) is 31.4. The largest absolute Gasteiger partial charge is 0.459 e. The Labute approximate surface area is 266 Å². The third-order valence-corrected chi connectivity index (χ3v) is 8.14. The standard InChI is InChI=1S/C36H34O8S/c1-2-45-36-32(40-23-25-15-7-3-8-16-25)31(44-35(39)28-21-13-6-14-22-28)30(43-34(38)27-19-11-5-12-20-27)29(42-36)24-41-33(37)26-17-9-4-10-18-26/h3-22,29-32,36H,2,23-24H2,1H3/t29-,30-,31+,32-,36+/m1/s1. The van der Waals surface area contributed by atoms with Gasteiger partial charge >= 0.3 is 17.9 Å². The van der Waals surface area contributed by atoms with Crippen LogP contribution in [0.25, 0.3) is 0 Å². The molecule has 4 aromatic carbocycles. The van der Waals surface area contributed by atoms with Gasteiger partial charge in [0.2, 0.25) is 0 Å². The summed E-state index contributed by atoms with van der Waals surface area (Å²) < 4.78 is 30.8. The smallest absolute Gasteiger partial charge is 0.338 e. The molecule has 8 nitrogen and oxygen atoms in total. The van der Waals surface area contributed by atoms with E-state index in [9.17, 15) is 14.4 Å². The first-order valence-corrected chi connectivity index (χ1v) is 15.7. The van der Waals surface area contributed by atoms with Gasteiger partial charge in [-0.1, -0.05) is 91.9 Å². The summed E-state index contributed by atoms with van der Waals surface area (Å²) in [6, 6.07) is 35.2. The van der Waals surface area contributed by atoms with E-state index in [1.54, 1.807) is 91.0 Å². The molecule has 0 aliphatic carbocycles. The number of carbonyl (C=O) groups is 3. The highest BCUT2D eigenvalue weighted by atomic mass is 32.2. The number of ether oxygens (including phenoxy) is 5. The summed E-state index contributed by atoms with van der Waals surface area (Å²) in [6.45, 7) is 1.91. The molecular weight excluding hydrogens is 592 g/mol. The first kappa shape index (κ1) is 32.0. The lowest BCUT2D eigenvalue weighted by Gasteiger charge is -2.44. The Hall–Kier alpha value is -4.44. The second kappa shape index (κ2) is 16.0. The maximum Gasteiger partial charge on any atom is 0.338 e. The Balaban J connectivity index is 1.49. The lowest BCUT2D eigenvalue weighted by molar-refractivity contribution is -0.221. The van der Waals surface area contributed by atoms with Gasteiger partial charge in [0.15, 0.2) is 12.2 Å². The summed E-state index contributed by atoms with van der Waals surface area (Å²) in [6.07, 6.45) is -4.09. The zero-order valence-corrected chi connectivity index (χ0v) is 25.5. The highest BCUT2D eigenvalue weighted by molar-refractivity contribution is 7.99. The van der Waals surface area contributed by atoms with Crippen LogP contribution in [0.5, 0.6) is 0 Å². The third kappa shape index (κ3) is 8.60. The fraction of sp³-hybridized carbons (Fsp3) is 0.250. The molecule has 232 valence electrons. The van der Waals surface area contributed by atoms with Gasteiger partial charge in [-0.2, -0.15) is 0 Å². The van der Waals surface area contributed by atoms with Gasteiger partial charge in [-0.15, -0.1) is 11.8 Å². The molecule has 9 heteroatoms. The van der Waals surface area contributed by atoms with Crippen molar-refractivity contribution in [3.05, 3.63) is 144 Å². The molecule has 4 aromatic rings. The molecule has 5 rings (SSSR count). The van der Waals surface area contributed by atoms with Crippen molar-refractivity contribution in [2.45, 2.75) is 43.4 Å². The van der Waals surface area contributed by atoms with Crippen LogP contribution in [0, 0.1) is 0 Å². The Kier molecular flexibility index (Phi) is 11.4. The molecule has 5 atom stereocenters. The van der Waals surface area contributed by atoms with Gasteiger partial charge in [0.25, 0.3) is 0 Å². The Morgan fingerprint density at radius 2 is 1.09 bits per heavy atom. The number of benzene rings is 4. The minimum Gasteiger partial charge on any atom is -0.459 e. The molecule has 1 heterocycles. The molecule has 0 spiro atoms. The number of esters is 3. The van der Waals surface area contributed by atoms with E-state index in [1.807, 2.05) is 37.3 Å². The molecule has 1 aliphatic heterocycles. The van der Waals surface area contributed by atoms with Gasteiger partial charge in [0.1, 0.15) is 24.3 Å². The second-order valence-corrected chi connectivity index (χ2v) is 11.6. The maximum atomic E-state index is 13.5. The van der Waals surface area contributed by atoms with E-state index in [0.29, 0.717) is 22.4 Å². The summed E-state index contributed by atoms with van der Waals surface area (Å²) in [5.74, 6) is -1.17. The predicted molar refractivity (Wildman–Crippen MR) is 170 cm³/mol. The van der Waals surface area contributed by atoms with E-state index < -0.39 is 47.8 Å². The van der Waals surface area contributed by atoms with Crippen molar-refractivity contribution in [1.82, 2.24) is 0 Å². The number of thioether (sulfide) groups is 1. The summed E-state index contributed by atoms with van der Waals surface area (Å²) in [5, 5.41) is 0. The molecule has 1 fully saturated rings. The van der Waals surface area contributed by atoms with Crippen LogP contribution in [-0.2, 0) is 30.3 Å². The molecule has 1 saturated heterocycles. The van der Waals surface area contributed by atoms with Crippen molar-refractivity contribution in [3.63, 3.8) is 0 Å². The monoisotopic (exact) mass is 626 g/mol. The number of rotatable bonds is 12. The van der Waals surface area contributed by atoms with Crippen LogP contribution in [0.3, 0.4) is 0 Å². The number of hydrogen-bond donors (Lipinski definition) is 0. The fourth-order valence-electron chi connectivity index (χ4n) is 4.88. The molecular formula is C36H34O8S. The second-order valence-electron chi connectivity index (χ2n) is 10.2. The summed E-state index contributed by atoms with van der Waals surface area (Å²) in [4.78, 5) is 39.9. The molecule has 0 saturated carbocycles. The number of hydrogen-bond acceptors (Lipinski definition) is 9. The van der Waals surface area contributed by atoms with Gasteiger partial charge in [-0.3, -0.25) is 0 Å². The molecule has 0 N–H and O–H groups in total. The van der Waals surface area contributed by atoms with Crippen LogP contribution < -0.4 is 0 Å².